The molecule has 0 unspecified atom stereocenters. The molecule has 0 N–H and O–H groups in total. The molecule has 0 spiro atoms. The summed E-state index contributed by atoms with van der Waals surface area (Å²) in [7, 11) is 0. The summed E-state index contributed by atoms with van der Waals surface area (Å²) in [6.07, 6.45) is -9.74. The molecule has 23 heavy (non-hydrogen) atoms. The van der Waals surface area contributed by atoms with Gasteiger partial charge in [0.15, 0.2) is 0 Å². The van der Waals surface area contributed by atoms with Gasteiger partial charge in [0.25, 0.3) is 0 Å². The number of rotatable bonds is 1. The number of halogens is 9. The van der Waals surface area contributed by atoms with E-state index in [1.54, 1.807) is 0 Å². The Morgan fingerprint density at radius 3 is 1.78 bits per heavy atom. The molecule has 0 atom stereocenters. The Morgan fingerprint density at radius 2 is 1.26 bits per heavy atom. The van der Waals surface area contributed by atoms with Crippen molar-refractivity contribution in [1.29, 1.82) is 0 Å². The molecule has 1 aromatic carbocycles. The molecule has 0 saturated heterocycles. The third-order valence-electron chi connectivity index (χ3n) is 2.80. The van der Waals surface area contributed by atoms with E-state index in [1.807, 2.05) is 0 Å². The van der Waals surface area contributed by atoms with E-state index < -0.39 is 29.2 Å². The molecule has 124 valence electrons. The van der Waals surface area contributed by atoms with Crippen LogP contribution in [-0.4, -0.2) is 4.98 Å². The maximum Gasteiger partial charge on any atom is 0.433 e. The second-order valence-corrected chi connectivity index (χ2v) is 5.58. The number of nitrogens with zero attached hydrogens (tertiary/aromatic N) is 1. The first-order chi connectivity index (χ1) is 10.4. The van der Waals surface area contributed by atoms with Crippen LogP contribution in [0.4, 0.5) is 26.3 Å². The predicted octanol–water partition coefficient (Wildman–Crippen LogP) is 6.75. The Morgan fingerprint density at radius 1 is 0.696 bits per heavy atom. The third-order valence-corrected chi connectivity index (χ3v) is 3.83. The van der Waals surface area contributed by atoms with Crippen LogP contribution in [0.1, 0.15) is 11.3 Å². The van der Waals surface area contributed by atoms with Gasteiger partial charge >= 0.3 is 12.4 Å². The fourth-order valence-electron chi connectivity index (χ4n) is 1.79. The highest BCUT2D eigenvalue weighted by Gasteiger charge is 2.39. The largest absolute Gasteiger partial charge is 0.433 e. The van der Waals surface area contributed by atoms with Gasteiger partial charge in [0.2, 0.25) is 0 Å². The van der Waals surface area contributed by atoms with Gasteiger partial charge in [-0.15, -0.1) is 0 Å². The smallest absolute Gasteiger partial charge is 0.251 e. The fourth-order valence-corrected chi connectivity index (χ4v) is 2.44. The van der Waals surface area contributed by atoms with Crippen molar-refractivity contribution in [2.45, 2.75) is 12.4 Å². The van der Waals surface area contributed by atoms with Gasteiger partial charge in [0, 0.05) is 16.8 Å². The summed E-state index contributed by atoms with van der Waals surface area (Å²) >= 11 is 17.2. The summed E-state index contributed by atoms with van der Waals surface area (Å²) in [5, 5.41) is -0.465. The molecule has 0 radical (unpaired) electrons. The Kier molecular flexibility index (Phi) is 4.76. The Hall–Kier alpha value is -1.18. The first-order valence-electron chi connectivity index (χ1n) is 5.70. The zero-order valence-corrected chi connectivity index (χ0v) is 12.9. The van der Waals surface area contributed by atoms with Gasteiger partial charge in [-0.2, -0.15) is 26.3 Å². The van der Waals surface area contributed by atoms with Crippen molar-refractivity contribution in [3.8, 4) is 11.1 Å². The van der Waals surface area contributed by atoms with Crippen molar-refractivity contribution in [3.63, 3.8) is 0 Å². The molecule has 0 bridgehead atoms. The van der Waals surface area contributed by atoms with E-state index in [9.17, 15) is 26.3 Å². The summed E-state index contributed by atoms with van der Waals surface area (Å²) in [6, 6.07) is 2.29. The van der Waals surface area contributed by atoms with Crippen LogP contribution in [0.2, 0.25) is 15.1 Å². The molecule has 1 aromatic heterocycles. The first-order valence-corrected chi connectivity index (χ1v) is 6.84. The molecular formula is C13H4Cl3F6N. The minimum absolute atomic E-state index is 0.0425. The van der Waals surface area contributed by atoms with Crippen molar-refractivity contribution >= 4 is 34.8 Å². The highest BCUT2D eigenvalue weighted by molar-refractivity contribution is 6.44. The molecule has 0 saturated carbocycles. The van der Waals surface area contributed by atoms with Crippen LogP contribution < -0.4 is 0 Å². The van der Waals surface area contributed by atoms with Gasteiger partial charge in [0.05, 0.1) is 15.6 Å². The van der Waals surface area contributed by atoms with Gasteiger partial charge < -0.3 is 0 Å². The summed E-state index contributed by atoms with van der Waals surface area (Å²) in [5.74, 6) is 0. The first kappa shape index (κ1) is 18.2. The lowest BCUT2D eigenvalue weighted by Gasteiger charge is -2.16. The normalized spacial score (nSPS) is 12.6. The monoisotopic (exact) mass is 393 g/mol. The predicted molar refractivity (Wildman–Crippen MR) is 74.7 cm³/mol. The fraction of sp³-hybridized carbons (Fsp3) is 0.154. The second-order valence-electron chi connectivity index (χ2n) is 4.36. The van der Waals surface area contributed by atoms with Crippen molar-refractivity contribution in [1.82, 2.24) is 4.98 Å². The van der Waals surface area contributed by atoms with Crippen molar-refractivity contribution < 1.29 is 26.3 Å². The summed E-state index contributed by atoms with van der Waals surface area (Å²) in [4.78, 5) is 2.83. The lowest BCUT2D eigenvalue weighted by atomic mass is 10.00. The minimum Gasteiger partial charge on any atom is -0.251 e. The zero-order chi connectivity index (χ0) is 17.6. The summed E-state index contributed by atoms with van der Waals surface area (Å²) in [6.45, 7) is 0. The summed E-state index contributed by atoms with van der Waals surface area (Å²) in [5.41, 5.74) is -3.97. The molecule has 2 aromatic rings. The molecule has 0 aliphatic carbocycles. The maximum atomic E-state index is 13.1. The zero-order valence-electron chi connectivity index (χ0n) is 10.7. The van der Waals surface area contributed by atoms with Gasteiger partial charge in [-0.05, 0) is 23.8 Å². The number of hydrogen-bond donors (Lipinski definition) is 0. The van der Waals surface area contributed by atoms with Crippen LogP contribution in [0, 0.1) is 0 Å². The molecule has 0 aliphatic heterocycles. The lowest BCUT2D eigenvalue weighted by Crippen LogP contribution is -2.13. The maximum absolute atomic E-state index is 13.1. The van der Waals surface area contributed by atoms with E-state index in [2.05, 4.69) is 4.98 Å². The van der Waals surface area contributed by atoms with Gasteiger partial charge in [-0.25, -0.2) is 0 Å². The van der Waals surface area contributed by atoms with Gasteiger partial charge in [0.1, 0.15) is 5.69 Å². The summed E-state index contributed by atoms with van der Waals surface area (Å²) < 4.78 is 77.3. The number of pyridine rings is 1. The molecule has 1 heterocycles. The number of hydrogen-bond acceptors (Lipinski definition) is 1. The number of alkyl halides is 6. The Balaban J connectivity index is 2.80. The molecule has 10 heteroatoms. The van der Waals surface area contributed by atoms with E-state index in [0.717, 1.165) is 12.1 Å². The minimum atomic E-state index is -4.93. The van der Waals surface area contributed by atoms with Crippen LogP contribution >= 0.6 is 34.8 Å². The highest BCUT2D eigenvalue weighted by Crippen LogP contribution is 2.43. The third kappa shape index (κ3) is 3.84. The van der Waals surface area contributed by atoms with Crippen LogP contribution in [-0.2, 0) is 12.4 Å². The number of aromatic nitrogens is 1. The SMILES string of the molecule is FC(F)(F)c1cc(-c2cc(Cl)c(Cl)cc2Cl)c(C(F)(F)F)cn1. The van der Waals surface area contributed by atoms with Crippen LogP contribution in [0.15, 0.2) is 24.4 Å². The Labute approximate surface area is 140 Å². The lowest BCUT2D eigenvalue weighted by molar-refractivity contribution is -0.144. The number of benzene rings is 1. The van der Waals surface area contributed by atoms with Gasteiger partial charge in [-0.1, -0.05) is 34.8 Å². The van der Waals surface area contributed by atoms with E-state index in [0.29, 0.717) is 0 Å². The van der Waals surface area contributed by atoms with Crippen LogP contribution in [0.25, 0.3) is 11.1 Å². The van der Waals surface area contributed by atoms with Crippen LogP contribution in [0.3, 0.4) is 0 Å². The van der Waals surface area contributed by atoms with E-state index in [4.69, 9.17) is 34.8 Å². The molecule has 1 nitrogen and oxygen atoms in total. The Bertz CT molecular complexity index is 755. The van der Waals surface area contributed by atoms with Crippen molar-refractivity contribution in [2.24, 2.45) is 0 Å². The van der Waals surface area contributed by atoms with Crippen LogP contribution in [0.5, 0.6) is 0 Å². The average Bonchev–Trinajstić information content (AvgIpc) is 2.40. The van der Waals surface area contributed by atoms with E-state index in [-0.39, 0.29) is 32.9 Å². The van der Waals surface area contributed by atoms with E-state index >= 15 is 0 Å². The average molecular weight is 395 g/mol. The molecule has 2 rings (SSSR count). The van der Waals surface area contributed by atoms with Crippen molar-refractivity contribution in [3.05, 3.63) is 50.7 Å². The van der Waals surface area contributed by atoms with Gasteiger partial charge in [-0.3, -0.25) is 4.98 Å². The quantitative estimate of drug-likeness (QED) is 0.385. The van der Waals surface area contributed by atoms with E-state index in [1.165, 1.54) is 0 Å². The highest BCUT2D eigenvalue weighted by atomic mass is 35.5. The topological polar surface area (TPSA) is 12.9 Å². The molecule has 0 aliphatic rings. The molecule has 0 fully saturated rings. The molecule has 0 amide bonds. The standard InChI is InChI=1S/C13H4Cl3F6N/c14-8-3-10(16)9(15)1-6(8)5-2-11(13(20,21)22)23-4-7(5)12(17,18)19/h1-4H. The second kappa shape index (κ2) is 6.03. The van der Waals surface area contributed by atoms with Crippen molar-refractivity contribution in [2.75, 3.05) is 0 Å². The molecular weight excluding hydrogens is 390 g/mol.